The van der Waals surface area contributed by atoms with Crippen molar-refractivity contribution >= 4 is 11.9 Å². The molecule has 0 spiro atoms. The van der Waals surface area contributed by atoms with Crippen molar-refractivity contribution in [2.45, 2.75) is 32.2 Å². The lowest BCUT2D eigenvalue weighted by Crippen LogP contribution is -2.39. The number of carboxylic acid groups (broad SMARTS) is 1. The Hall–Kier alpha value is -1.10. The number of carbonyl (C=O) groups excluding carboxylic acids is 1. The normalized spacial score (nSPS) is 19.5. The highest BCUT2D eigenvalue weighted by atomic mass is 16.5. The lowest BCUT2D eigenvalue weighted by atomic mass is 10.1. The van der Waals surface area contributed by atoms with Crippen LogP contribution in [0, 0.1) is 5.92 Å². The lowest BCUT2D eigenvalue weighted by Gasteiger charge is -2.23. The van der Waals surface area contributed by atoms with Crippen LogP contribution < -0.4 is 5.32 Å². The maximum absolute atomic E-state index is 11.4. The molecular formula is C10H17NO4. The maximum Gasteiger partial charge on any atom is 0.306 e. The highest BCUT2D eigenvalue weighted by Crippen LogP contribution is 2.08. The molecule has 0 aliphatic carbocycles. The standard InChI is InChI=1S/C10H17NO4/c1-7(10(13)14)6-9(12)11-8-2-4-15-5-3-8/h7-8H,2-6H2,1H3,(H,11,12)(H,13,14). The summed E-state index contributed by atoms with van der Waals surface area (Å²) in [5.74, 6) is -1.74. The van der Waals surface area contributed by atoms with Crippen molar-refractivity contribution in [1.29, 1.82) is 0 Å². The molecule has 1 amide bonds. The average molecular weight is 215 g/mol. The quantitative estimate of drug-likeness (QED) is 0.711. The topological polar surface area (TPSA) is 75.6 Å². The van der Waals surface area contributed by atoms with Crippen molar-refractivity contribution in [3.8, 4) is 0 Å². The second-order valence-electron chi connectivity index (χ2n) is 3.90. The fourth-order valence-corrected chi connectivity index (χ4v) is 1.49. The summed E-state index contributed by atoms with van der Waals surface area (Å²) in [4.78, 5) is 21.9. The number of rotatable bonds is 4. The molecule has 1 fully saturated rings. The smallest absolute Gasteiger partial charge is 0.306 e. The zero-order valence-corrected chi connectivity index (χ0v) is 8.86. The molecule has 0 aromatic rings. The first-order valence-corrected chi connectivity index (χ1v) is 5.19. The van der Waals surface area contributed by atoms with Crippen molar-refractivity contribution in [3.05, 3.63) is 0 Å². The molecule has 1 saturated heterocycles. The largest absolute Gasteiger partial charge is 0.481 e. The summed E-state index contributed by atoms with van der Waals surface area (Å²) in [6, 6.07) is 0.146. The molecule has 1 heterocycles. The molecule has 1 aliphatic heterocycles. The lowest BCUT2D eigenvalue weighted by molar-refractivity contribution is -0.143. The summed E-state index contributed by atoms with van der Waals surface area (Å²) < 4.78 is 5.16. The number of hydrogen-bond acceptors (Lipinski definition) is 3. The zero-order chi connectivity index (χ0) is 11.3. The molecule has 5 heteroatoms. The molecule has 2 N–H and O–H groups in total. The SMILES string of the molecule is CC(CC(=O)NC1CCOCC1)C(=O)O. The fourth-order valence-electron chi connectivity index (χ4n) is 1.49. The van der Waals surface area contributed by atoms with E-state index < -0.39 is 11.9 Å². The van der Waals surface area contributed by atoms with Gasteiger partial charge >= 0.3 is 5.97 Å². The number of hydrogen-bond donors (Lipinski definition) is 2. The monoisotopic (exact) mass is 215 g/mol. The van der Waals surface area contributed by atoms with Gasteiger partial charge in [0, 0.05) is 25.7 Å². The molecule has 5 nitrogen and oxygen atoms in total. The Kier molecular flexibility index (Phi) is 4.55. The minimum atomic E-state index is -0.933. The van der Waals surface area contributed by atoms with Gasteiger partial charge in [-0.15, -0.1) is 0 Å². The molecule has 1 aliphatic rings. The number of nitrogens with one attached hydrogen (secondary N) is 1. The molecule has 86 valence electrons. The van der Waals surface area contributed by atoms with Crippen LogP contribution in [0.2, 0.25) is 0 Å². The van der Waals surface area contributed by atoms with E-state index in [0.717, 1.165) is 12.8 Å². The van der Waals surface area contributed by atoms with Gasteiger partial charge in [-0.25, -0.2) is 0 Å². The van der Waals surface area contributed by atoms with Crippen LogP contribution in [0.1, 0.15) is 26.2 Å². The molecule has 1 atom stereocenters. The summed E-state index contributed by atoms with van der Waals surface area (Å²) >= 11 is 0. The number of amides is 1. The van der Waals surface area contributed by atoms with Crippen LogP contribution in [0.25, 0.3) is 0 Å². The van der Waals surface area contributed by atoms with Gasteiger partial charge in [0.15, 0.2) is 0 Å². The van der Waals surface area contributed by atoms with E-state index >= 15 is 0 Å². The van der Waals surface area contributed by atoms with Gasteiger partial charge in [-0.3, -0.25) is 9.59 Å². The second kappa shape index (κ2) is 5.70. The van der Waals surface area contributed by atoms with Crippen molar-refractivity contribution in [3.63, 3.8) is 0 Å². The second-order valence-corrected chi connectivity index (χ2v) is 3.90. The van der Waals surface area contributed by atoms with Crippen LogP contribution in [0.5, 0.6) is 0 Å². The van der Waals surface area contributed by atoms with E-state index in [-0.39, 0.29) is 18.4 Å². The fraction of sp³-hybridized carbons (Fsp3) is 0.800. The Morgan fingerprint density at radius 2 is 2.07 bits per heavy atom. The van der Waals surface area contributed by atoms with E-state index in [1.54, 1.807) is 0 Å². The Balaban J connectivity index is 2.25. The molecular weight excluding hydrogens is 198 g/mol. The number of carbonyl (C=O) groups is 2. The van der Waals surface area contributed by atoms with Crippen LogP contribution in [0.4, 0.5) is 0 Å². The van der Waals surface area contributed by atoms with Gasteiger partial charge in [-0.1, -0.05) is 6.92 Å². The van der Waals surface area contributed by atoms with Crippen LogP contribution in [-0.4, -0.2) is 36.2 Å². The van der Waals surface area contributed by atoms with E-state index in [1.165, 1.54) is 6.92 Å². The maximum atomic E-state index is 11.4. The van der Waals surface area contributed by atoms with E-state index in [0.29, 0.717) is 13.2 Å². The van der Waals surface area contributed by atoms with Crippen molar-refractivity contribution in [2.24, 2.45) is 5.92 Å². The Labute approximate surface area is 88.8 Å². The van der Waals surface area contributed by atoms with Gasteiger partial charge in [0.1, 0.15) is 0 Å². The van der Waals surface area contributed by atoms with Gasteiger partial charge in [0.2, 0.25) is 5.91 Å². The predicted molar refractivity (Wildman–Crippen MR) is 53.4 cm³/mol. The van der Waals surface area contributed by atoms with E-state index in [2.05, 4.69) is 5.32 Å². The molecule has 0 saturated carbocycles. The third-order valence-electron chi connectivity index (χ3n) is 2.50. The van der Waals surface area contributed by atoms with Gasteiger partial charge in [0.05, 0.1) is 5.92 Å². The predicted octanol–water partition coefficient (Wildman–Crippen LogP) is 0.392. The van der Waals surface area contributed by atoms with Crippen molar-refractivity contribution in [1.82, 2.24) is 5.32 Å². The summed E-state index contributed by atoms with van der Waals surface area (Å²) in [5, 5.41) is 11.5. The van der Waals surface area contributed by atoms with Crippen LogP contribution in [-0.2, 0) is 14.3 Å². The first-order chi connectivity index (χ1) is 7.09. The van der Waals surface area contributed by atoms with E-state index in [4.69, 9.17) is 9.84 Å². The van der Waals surface area contributed by atoms with Gasteiger partial charge < -0.3 is 15.2 Å². The Morgan fingerprint density at radius 1 is 1.47 bits per heavy atom. The highest BCUT2D eigenvalue weighted by molar-refractivity contribution is 5.82. The number of aliphatic carboxylic acids is 1. The molecule has 1 rings (SSSR count). The zero-order valence-electron chi connectivity index (χ0n) is 8.86. The first kappa shape index (κ1) is 12.0. The van der Waals surface area contributed by atoms with Crippen LogP contribution >= 0.6 is 0 Å². The van der Waals surface area contributed by atoms with Crippen molar-refractivity contribution < 1.29 is 19.4 Å². The number of ether oxygens (including phenoxy) is 1. The van der Waals surface area contributed by atoms with E-state index in [1.807, 2.05) is 0 Å². The minimum absolute atomic E-state index is 0.0483. The van der Waals surface area contributed by atoms with Crippen LogP contribution in [0.3, 0.4) is 0 Å². The summed E-state index contributed by atoms with van der Waals surface area (Å²) in [6.45, 7) is 2.87. The summed E-state index contributed by atoms with van der Waals surface area (Å²) in [7, 11) is 0. The summed E-state index contributed by atoms with van der Waals surface area (Å²) in [6.07, 6.45) is 1.67. The highest BCUT2D eigenvalue weighted by Gasteiger charge is 2.19. The molecule has 0 aromatic heterocycles. The summed E-state index contributed by atoms with van der Waals surface area (Å²) in [5.41, 5.74) is 0. The molecule has 15 heavy (non-hydrogen) atoms. The molecule has 1 unspecified atom stereocenters. The van der Waals surface area contributed by atoms with E-state index in [9.17, 15) is 9.59 Å². The molecule has 0 aromatic carbocycles. The Bertz CT molecular complexity index is 236. The molecule has 0 bridgehead atoms. The first-order valence-electron chi connectivity index (χ1n) is 5.19. The number of carboxylic acids is 1. The van der Waals surface area contributed by atoms with Gasteiger partial charge in [0.25, 0.3) is 0 Å². The minimum Gasteiger partial charge on any atom is -0.481 e. The Morgan fingerprint density at radius 3 is 2.60 bits per heavy atom. The van der Waals surface area contributed by atoms with Crippen LogP contribution in [0.15, 0.2) is 0 Å². The molecule has 0 radical (unpaired) electrons. The van der Waals surface area contributed by atoms with Gasteiger partial charge in [-0.2, -0.15) is 0 Å². The third kappa shape index (κ3) is 4.29. The third-order valence-corrected chi connectivity index (χ3v) is 2.50. The van der Waals surface area contributed by atoms with Crippen molar-refractivity contribution in [2.75, 3.05) is 13.2 Å². The van der Waals surface area contributed by atoms with Gasteiger partial charge in [-0.05, 0) is 12.8 Å². The average Bonchev–Trinajstić information content (AvgIpc) is 2.18.